The molecule has 1 nitrogen and oxygen atoms in total. The summed E-state index contributed by atoms with van der Waals surface area (Å²) in [5.41, 5.74) is 0. The minimum absolute atomic E-state index is 0.823. The van der Waals surface area contributed by atoms with Crippen LogP contribution in [0.1, 0.15) is 112 Å². The van der Waals surface area contributed by atoms with Crippen molar-refractivity contribution in [1.82, 2.24) is 4.90 Å². The van der Waals surface area contributed by atoms with E-state index in [4.69, 9.17) is 0 Å². The summed E-state index contributed by atoms with van der Waals surface area (Å²) in [6.07, 6.45) is 17.2. The van der Waals surface area contributed by atoms with Crippen LogP contribution in [0.4, 0.5) is 0 Å². The number of hydrogen-bond donors (Lipinski definition) is 0. The molecule has 5 unspecified atom stereocenters. The van der Waals surface area contributed by atoms with Crippen molar-refractivity contribution in [3.63, 3.8) is 0 Å². The Morgan fingerprint density at radius 3 is 2.38 bits per heavy atom. The first-order valence-corrected chi connectivity index (χ1v) is 12.9. The van der Waals surface area contributed by atoms with Crippen LogP contribution < -0.4 is 0 Å². The summed E-state index contributed by atoms with van der Waals surface area (Å²) >= 11 is 2.37. The van der Waals surface area contributed by atoms with Gasteiger partial charge in [0.15, 0.2) is 0 Å². The van der Waals surface area contributed by atoms with Gasteiger partial charge in [0.2, 0.25) is 0 Å². The van der Waals surface area contributed by atoms with Gasteiger partial charge < -0.3 is 0 Å². The largest absolute Gasteiger partial charge is 0.296 e. The van der Waals surface area contributed by atoms with Crippen molar-refractivity contribution in [3.05, 3.63) is 0 Å². The van der Waals surface area contributed by atoms with Crippen molar-refractivity contribution in [2.24, 2.45) is 11.8 Å². The fraction of sp³-hybridized carbons (Fsp3) is 1.00. The Bertz CT molecular complexity index is 369. The Balaban J connectivity index is 1.89. The van der Waals surface area contributed by atoms with Crippen LogP contribution in [0.2, 0.25) is 0 Å². The van der Waals surface area contributed by atoms with Crippen LogP contribution in [-0.2, 0) is 0 Å². The van der Waals surface area contributed by atoms with Crippen molar-refractivity contribution < 1.29 is 0 Å². The molecule has 0 N–H and O–H groups in total. The van der Waals surface area contributed by atoms with E-state index in [1.807, 2.05) is 0 Å². The first-order valence-electron chi connectivity index (χ1n) is 12.0. The first kappa shape index (κ1) is 22.6. The molecule has 26 heavy (non-hydrogen) atoms. The lowest BCUT2D eigenvalue weighted by atomic mass is 9.85. The molecule has 0 bridgehead atoms. The van der Waals surface area contributed by atoms with Crippen molar-refractivity contribution in [2.75, 3.05) is 6.54 Å². The number of thioether (sulfide) groups is 1. The second kappa shape index (κ2) is 12.0. The van der Waals surface area contributed by atoms with Crippen molar-refractivity contribution in [3.8, 4) is 0 Å². The number of rotatable bonds is 13. The van der Waals surface area contributed by atoms with E-state index in [0.29, 0.717) is 0 Å². The summed E-state index contributed by atoms with van der Waals surface area (Å²) in [5.74, 6) is 1.78. The summed E-state index contributed by atoms with van der Waals surface area (Å²) in [7, 11) is 0. The van der Waals surface area contributed by atoms with E-state index in [0.717, 1.165) is 34.4 Å². The molecule has 154 valence electrons. The van der Waals surface area contributed by atoms with Gasteiger partial charge in [0, 0.05) is 22.6 Å². The van der Waals surface area contributed by atoms with E-state index in [2.05, 4.69) is 51.3 Å². The van der Waals surface area contributed by atoms with Crippen LogP contribution >= 0.6 is 11.8 Å². The SMILES string of the molecule is CCCCCC(CC(CCCC)SC(C)C1CCC2CCCN21)C(C)C. The lowest BCUT2D eigenvalue weighted by Gasteiger charge is -2.33. The standard InChI is InChI=1S/C24H47NS/c1-6-8-10-12-21(19(3)4)18-23(14-9-7-2)26-20(5)24-16-15-22-13-11-17-25(22)24/h19-24H,6-18H2,1-5H3. The Kier molecular flexibility index (Phi) is 10.4. The van der Waals surface area contributed by atoms with Crippen LogP contribution in [0.5, 0.6) is 0 Å². The first-order chi connectivity index (χ1) is 12.6. The highest BCUT2D eigenvalue weighted by atomic mass is 32.2. The molecule has 2 saturated heterocycles. The average Bonchev–Trinajstić information content (AvgIpc) is 3.21. The quantitative estimate of drug-likeness (QED) is 0.303. The molecular formula is C24H47NS. The second-order valence-corrected chi connectivity index (χ2v) is 11.2. The molecule has 2 heteroatoms. The lowest BCUT2D eigenvalue weighted by Crippen LogP contribution is -2.38. The summed E-state index contributed by atoms with van der Waals surface area (Å²) in [6.45, 7) is 13.6. The van der Waals surface area contributed by atoms with E-state index >= 15 is 0 Å². The Morgan fingerprint density at radius 1 is 0.923 bits per heavy atom. The van der Waals surface area contributed by atoms with Crippen molar-refractivity contribution in [2.45, 2.75) is 134 Å². The zero-order chi connectivity index (χ0) is 18.9. The molecule has 5 atom stereocenters. The predicted molar refractivity (Wildman–Crippen MR) is 120 cm³/mol. The number of nitrogens with zero attached hydrogens (tertiary/aromatic N) is 1. The van der Waals surface area contributed by atoms with Gasteiger partial charge in [-0.1, -0.05) is 73.1 Å². The maximum Gasteiger partial charge on any atom is 0.0215 e. The Morgan fingerprint density at radius 2 is 1.69 bits per heavy atom. The van der Waals surface area contributed by atoms with Gasteiger partial charge in [0.1, 0.15) is 0 Å². The zero-order valence-corrected chi connectivity index (χ0v) is 19.3. The molecule has 2 heterocycles. The van der Waals surface area contributed by atoms with E-state index in [-0.39, 0.29) is 0 Å². The minimum atomic E-state index is 0.823. The fourth-order valence-corrected chi connectivity index (χ4v) is 7.17. The molecule has 0 radical (unpaired) electrons. The molecule has 2 fully saturated rings. The van der Waals surface area contributed by atoms with Crippen LogP contribution in [0.3, 0.4) is 0 Å². The van der Waals surface area contributed by atoms with Crippen LogP contribution in [0.15, 0.2) is 0 Å². The van der Waals surface area contributed by atoms with Crippen molar-refractivity contribution in [1.29, 1.82) is 0 Å². The summed E-state index contributed by atoms with van der Waals surface area (Å²) in [5, 5.41) is 1.71. The highest BCUT2D eigenvalue weighted by Gasteiger charge is 2.39. The monoisotopic (exact) mass is 381 g/mol. The molecule has 0 aromatic rings. The van der Waals surface area contributed by atoms with Crippen molar-refractivity contribution >= 4 is 11.8 Å². The topological polar surface area (TPSA) is 3.24 Å². The van der Waals surface area contributed by atoms with Gasteiger partial charge >= 0.3 is 0 Å². The zero-order valence-electron chi connectivity index (χ0n) is 18.5. The molecule has 0 aromatic carbocycles. The van der Waals surface area contributed by atoms with Gasteiger partial charge in [0.25, 0.3) is 0 Å². The second-order valence-electron chi connectivity index (χ2n) is 9.52. The highest BCUT2D eigenvalue weighted by Crippen LogP contribution is 2.40. The summed E-state index contributed by atoms with van der Waals surface area (Å²) in [6, 6.07) is 1.81. The van der Waals surface area contributed by atoms with Gasteiger partial charge in [-0.25, -0.2) is 0 Å². The predicted octanol–water partition coefficient (Wildman–Crippen LogP) is 7.54. The smallest absolute Gasteiger partial charge is 0.0215 e. The Hall–Kier alpha value is 0.310. The molecule has 2 aliphatic heterocycles. The highest BCUT2D eigenvalue weighted by molar-refractivity contribution is 8.00. The average molecular weight is 382 g/mol. The number of hydrogen-bond acceptors (Lipinski definition) is 2. The summed E-state index contributed by atoms with van der Waals surface area (Å²) in [4.78, 5) is 2.88. The molecule has 0 aromatic heterocycles. The molecule has 0 saturated carbocycles. The Labute approximate surface area is 169 Å². The van der Waals surface area contributed by atoms with Gasteiger partial charge in [-0.3, -0.25) is 4.90 Å². The van der Waals surface area contributed by atoms with Crippen LogP contribution in [-0.4, -0.2) is 34.0 Å². The lowest BCUT2D eigenvalue weighted by molar-refractivity contribution is 0.244. The normalized spacial score (nSPS) is 27.0. The molecule has 2 rings (SSSR count). The third-order valence-electron chi connectivity index (χ3n) is 7.16. The van der Waals surface area contributed by atoms with E-state index in [1.54, 1.807) is 0 Å². The fourth-order valence-electron chi connectivity index (χ4n) is 5.42. The minimum Gasteiger partial charge on any atom is -0.296 e. The van der Waals surface area contributed by atoms with E-state index < -0.39 is 0 Å². The van der Waals surface area contributed by atoms with Crippen LogP contribution in [0.25, 0.3) is 0 Å². The molecule has 0 aliphatic carbocycles. The third kappa shape index (κ3) is 6.73. The van der Waals surface area contributed by atoms with E-state index in [1.165, 1.54) is 83.6 Å². The van der Waals surface area contributed by atoms with Gasteiger partial charge in [-0.2, -0.15) is 11.8 Å². The maximum atomic E-state index is 2.88. The molecular weight excluding hydrogens is 334 g/mol. The maximum absolute atomic E-state index is 2.88. The van der Waals surface area contributed by atoms with Gasteiger partial charge in [-0.15, -0.1) is 0 Å². The number of unbranched alkanes of at least 4 members (excludes halogenated alkanes) is 3. The van der Waals surface area contributed by atoms with Crippen LogP contribution in [0, 0.1) is 11.8 Å². The van der Waals surface area contributed by atoms with Gasteiger partial charge in [0.05, 0.1) is 0 Å². The summed E-state index contributed by atoms with van der Waals surface area (Å²) < 4.78 is 0. The van der Waals surface area contributed by atoms with Gasteiger partial charge in [-0.05, 0) is 56.9 Å². The molecule has 0 spiro atoms. The number of fused-ring (bicyclic) bond motifs is 1. The third-order valence-corrected chi connectivity index (χ3v) is 8.72. The molecule has 2 aliphatic rings. The van der Waals surface area contributed by atoms with E-state index in [9.17, 15) is 0 Å². The molecule has 0 amide bonds.